The lowest BCUT2D eigenvalue weighted by Gasteiger charge is -2.03. The molecule has 1 heterocycles. The first-order valence-corrected chi connectivity index (χ1v) is 5.93. The monoisotopic (exact) mass is 261 g/mol. The minimum Gasteiger partial charge on any atom is -0.395 e. The molecule has 19 heavy (non-hydrogen) atoms. The molecule has 100 valence electrons. The summed E-state index contributed by atoms with van der Waals surface area (Å²) < 4.78 is 5.20. The van der Waals surface area contributed by atoms with Gasteiger partial charge in [0, 0.05) is 18.2 Å². The van der Waals surface area contributed by atoms with Crippen LogP contribution >= 0.6 is 0 Å². The molecule has 0 radical (unpaired) electrons. The Hall–Kier alpha value is -2.34. The molecule has 0 spiro atoms. The molecule has 6 heteroatoms. The highest BCUT2D eigenvalue weighted by molar-refractivity contribution is 5.73. The van der Waals surface area contributed by atoms with E-state index in [4.69, 9.17) is 9.63 Å². The fourth-order valence-corrected chi connectivity index (χ4v) is 1.54. The number of carbonyl (C=O) groups is 1. The maximum Gasteiger partial charge on any atom is 0.315 e. The van der Waals surface area contributed by atoms with E-state index in [9.17, 15) is 4.79 Å². The van der Waals surface area contributed by atoms with Crippen LogP contribution in [0, 0.1) is 0 Å². The molecule has 0 fully saturated rings. The van der Waals surface area contributed by atoms with Crippen molar-refractivity contribution in [3.05, 3.63) is 42.1 Å². The summed E-state index contributed by atoms with van der Waals surface area (Å²) in [6.07, 6.45) is 0. The second kappa shape index (κ2) is 6.55. The van der Waals surface area contributed by atoms with Crippen molar-refractivity contribution >= 4 is 6.03 Å². The smallest absolute Gasteiger partial charge is 0.315 e. The molecule has 1 aromatic heterocycles. The maximum absolute atomic E-state index is 11.3. The van der Waals surface area contributed by atoms with Crippen molar-refractivity contribution in [1.82, 2.24) is 15.8 Å². The van der Waals surface area contributed by atoms with Gasteiger partial charge in [0.2, 0.25) is 0 Å². The predicted octanol–water partition coefficient (Wildman–Crippen LogP) is 1.13. The van der Waals surface area contributed by atoms with Crippen molar-refractivity contribution in [2.75, 3.05) is 13.2 Å². The Morgan fingerprint density at radius 1 is 1.26 bits per heavy atom. The fraction of sp³-hybridized carbons (Fsp3) is 0.231. The van der Waals surface area contributed by atoms with Crippen LogP contribution in [-0.2, 0) is 6.54 Å². The molecule has 0 unspecified atom stereocenters. The van der Waals surface area contributed by atoms with Gasteiger partial charge in [0.1, 0.15) is 5.69 Å². The number of amides is 2. The summed E-state index contributed by atoms with van der Waals surface area (Å²) in [6, 6.07) is 11.0. The van der Waals surface area contributed by atoms with Crippen molar-refractivity contribution in [2.45, 2.75) is 6.54 Å². The third-order valence-corrected chi connectivity index (χ3v) is 2.44. The van der Waals surface area contributed by atoms with Gasteiger partial charge in [0.05, 0.1) is 13.2 Å². The van der Waals surface area contributed by atoms with E-state index in [1.54, 1.807) is 6.07 Å². The number of aromatic nitrogens is 1. The lowest BCUT2D eigenvalue weighted by molar-refractivity contribution is 0.233. The van der Waals surface area contributed by atoms with Crippen LogP contribution < -0.4 is 10.6 Å². The van der Waals surface area contributed by atoms with E-state index in [0.717, 1.165) is 5.56 Å². The zero-order valence-electron chi connectivity index (χ0n) is 10.3. The van der Waals surface area contributed by atoms with E-state index in [2.05, 4.69) is 15.8 Å². The Balaban J connectivity index is 1.90. The molecule has 0 aliphatic carbocycles. The lowest BCUT2D eigenvalue weighted by Crippen LogP contribution is -2.36. The summed E-state index contributed by atoms with van der Waals surface area (Å²) in [4.78, 5) is 11.3. The Morgan fingerprint density at radius 2 is 2.05 bits per heavy atom. The van der Waals surface area contributed by atoms with E-state index in [0.29, 0.717) is 11.5 Å². The first-order valence-electron chi connectivity index (χ1n) is 5.93. The SMILES string of the molecule is O=C(NCCO)NCc1cc(-c2ccccc2)on1. The number of aliphatic hydroxyl groups excluding tert-OH is 1. The van der Waals surface area contributed by atoms with Gasteiger partial charge < -0.3 is 20.3 Å². The summed E-state index contributed by atoms with van der Waals surface area (Å²) in [5.74, 6) is 0.660. The van der Waals surface area contributed by atoms with E-state index >= 15 is 0 Å². The minimum atomic E-state index is -0.349. The van der Waals surface area contributed by atoms with Crippen molar-refractivity contribution in [2.24, 2.45) is 0 Å². The Bertz CT molecular complexity index is 525. The van der Waals surface area contributed by atoms with Crippen molar-refractivity contribution in [1.29, 1.82) is 0 Å². The van der Waals surface area contributed by atoms with Gasteiger partial charge in [-0.3, -0.25) is 0 Å². The largest absolute Gasteiger partial charge is 0.395 e. The Labute approximate surface area is 110 Å². The number of hydrogen-bond acceptors (Lipinski definition) is 4. The number of hydrogen-bond donors (Lipinski definition) is 3. The molecule has 0 atom stereocenters. The molecule has 2 amide bonds. The first-order chi connectivity index (χ1) is 9.29. The summed E-state index contributed by atoms with van der Waals surface area (Å²) in [5.41, 5.74) is 1.57. The quantitative estimate of drug-likeness (QED) is 0.753. The van der Waals surface area contributed by atoms with Gasteiger partial charge in [-0.25, -0.2) is 4.79 Å². The van der Waals surface area contributed by atoms with Gasteiger partial charge in [0.25, 0.3) is 0 Å². The molecule has 1 aromatic carbocycles. The summed E-state index contributed by atoms with van der Waals surface area (Å²) >= 11 is 0. The van der Waals surface area contributed by atoms with Crippen LogP contribution in [0.5, 0.6) is 0 Å². The highest BCUT2D eigenvalue weighted by atomic mass is 16.5. The lowest BCUT2D eigenvalue weighted by atomic mass is 10.2. The van der Waals surface area contributed by atoms with Crippen LogP contribution in [0.15, 0.2) is 40.9 Å². The predicted molar refractivity (Wildman–Crippen MR) is 69.3 cm³/mol. The average molecular weight is 261 g/mol. The van der Waals surface area contributed by atoms with Crippen LogP contribution in [0.25, 0.3) is 11.3 Å². The second-order valence-corrected chi connectivity index (χ2v) is 3.88. The normalized spacial score (nSPS) is 10.2. The zero-order valence-corrected chi connectivity index (χ0v) is 10.3. The first kappa shape index (κ1) is 13.1. The summed E-state index contributed by atoms with van der Waals surface area (Å²) in [5, 5.41) is 17.5. The van der Waals surface area contributed by atoms with E-state index in [-0.39, 0.29) is 25.7 Å². The summed E-state index contributed by atoms with van der Waals surface area (Å²) in [6.45, 7) is 0.406. The number of carbonyl (C=O) groups excluding carboxylic acids is 1. The van der Waals surface area contributed by atoms with Gasteiger partial charge in [-0.2, -0.15) is 0 Å². The van der Waals surface area contributed by atoms with Gasteiger partial charge in [-0.05, 0) is 0 Å². The highest BCUT2D eigenvalue weighted by Gasteiger charge is 2.07. The number of aliphatic hydroxyl groups is 1. The van der Waals surface area contributed by atoms with Crippen LogP contribution in [0.1, 0.15) is 5.69 Å². The molecule has 6 nitrogen and oxygen atoms in total. The van der Waals surface area contributed by atoms with Crippen LogP contribution in [0.3, 0.4) is 0 Å². The zero-order chi connectivity index (χ0) is 13.5. The second-order valence-electron chi connectivity index (χ2n) is 3.88. The van der Waals surface area contributed by atoms with Crippen molar-refractivity contribution < 1.29 is 14.4 Å². The molecule has 0 aliphatic heterocycles. The number of nitrogens with zero attached hydrogens (tertiary/aromatic N) is 1. The molecule has 3 N–H and O–H groups in total. The van der Waals surface area contributed by atoms with Crippen LogP contribution in [-0.4, -0.2) is 29.4 Å². The minimum absolute atomic E-state index is 0.0878. The van der Waals surface area contributed by atoms with E-state index in [1.807, 2.05) is 30.3 Å². The van der Waals surface area contributed by atoms with Crippen LogP contribution in [0.2, 0.25) is 0 Å². The Kier molecular flexibility index (Phi) is 4.52. The average Bonchev–Trinajstić information content (AvgIpc) is 2.93. The third-order valence-electron chi connectivity index (χ3n) is 2.44. The topological polar surface area (TPSA) is 87.4 Å². The van der Waals surface area contributed by atoms with Gasteiger partial charge in [-0.15, -0.1) is 0 Å². The standard InChI is InChI=1S/C13H15N3O3/c17-7-6-14-13(18)15-9-11-8-12(19-16-11)10-4-2-1-3-5-10/h1-5,8,17H,6-7,9H2,(H2,14,15,18). The van der Waals surface area contributed by atoms with E-state index < -0.39 is 0 Å². The molecular weight excluding hydrogens is 246 g/mol. The number of benzene rings is 1. The van der Waals surface area contributed by atoms with Gasteiger partial charge in [0.15, 0.2) is 5.76 Å². The molecule has 2 aromatic rings. The van der Waals surface area contributed by atoms with E-state index in [1.165, 1.54) is 0 Å². The number of nitrogens with one attached hydrogen (secondary N) is 2. The fourth-order valence-electron chi connectivity index (χ4n) is 1.54. The molecule has 0 aliphatic rings. The van der Waals surface area contributed by atoms with Gasteiger partial charge >= 0.3 is 6.03 Å². The molecule has 0 bridgehead atoms. The number of urea groups is 1. The van der Waals surface area contributed by atoms with Crippen molar-refractivity contribution in [3.8, 4) is 11.3 Å². The van der Waals surface area contributed by atoms with Crippen molar-refractivity contribution in [3.63, 3.8) is 0 Å². The van der Waals surface area contributed by atoms with Crippen LogP contribution in [0.4, 0.5) is 4.79 Å². The third kappa shape index (κ3) is 3.82. The number of rotatable bonds is 5. The van der Waals surface area contributed by atoms with Gasteiger partial charge in [-0.1, -0.05) is 35.5 Å². The molecule has 0 saturated heterocycles. The Morgan fingerprint density at radius 3 is 2.79 bits per heavy atom. The molecular formula is C13H15N3O3. The highest BCUT2D eigenvalue weighted by Crippen LogP contribution is 2.19. The maximum atomic E-state index is 11.3. The summed E-state index contributed by atoms with van der Waals surface area (Å²) in [7, 11) is 0. The molecule has 0 saturated carbocycles. The molecule has 2 rings (SSSR count).